The minimum atomic E-state index is -0.453. The van der Waals surface area contributed by atoms with Crippen molar-refractivity contribution in [2.75, 3.05) is 0 Å². The van der Waals surface area contributed by atoms with E-state index in [1.165, 1.54) is 6.08 Å². The lowest BCUT2D eigenvalue weighted by molar-refractivity contribution is -0.148. The minimum absolute atomic E-state index is 0.328. The van der Waals surface area contributed by atoms with E-state index >= 15 is 0 Å². The molecule has 0 bridgehead atoms. The third-order valence-corrected chi connectivity index (χ3v) is 2.68. The first kappa shape index (κ1) is 14.0. The maximum atomic E-state index is 11.5. The molecule has 0 aliphatic rings. The predicted molar refractivity (Wildman–Crippen MR) is 73.8 cm³/mol. The zero-order valence-corrected chi connectivity index (χ0v) is 12.2. The molecule has 0 aromatic heterocycles. The first-order chi connectivity index (χ1) is 7.78. The summed E-state index contributed by atoms with van der Waals surface area (Å²) in [6.07, 6.45) is 3.20. The van der Waals surface area contributed by atoms with Gasteiger partial charge < -0.3 is 4.74 Å². The molecule has 1 aromatic rings. The smallest absolute Gasteiger partial charge is 0.331 e. The van der Waals surface area contributed by atoms with E-state index in [0.717, 1.165) is 15.6 Å². The van der Waals surface area contributed by atoms with Crippen LogP contribution in [0.5, 0.6) is 0 Å². The van der Waals surface area contributed by atoms with Crippen molar-refractivity contribution in [3.63, 3.8) is 0 Å². The number of esters is 1. The van der Waals surface area contributed by atoms with Crippen molar-refractivity contribution in [1.29, 1.82) is 0 Å². The van der Waals surface area contributed by atoms with Crippen molar-refractivity contribution in [2.24, 2.45) is 0 Å². The van der Waals surface area contributed by atoms with Gasteiger partial charge in [0.25, 0.3) is 0 Å². The largest absolute Gasteiger partial charge is 0.457 e. The molecule has 0 heterocycles. The van der Waals surface area contributed by atoms with Gasteiger partial charge in [0.1, 0.15) is 5.60 Å². The molecule has 92 valence electrons. The first-order valence-electron chi connectivity index (χ1n) is 5.45. The Hall–Kier alpha value is -1.09. The molecular formula is C14H17BrO2. The van der Waals surface area contributed by atoms with Crippen LogP contribution in [0.15, 0.2) is 28.7 Å². The predicted octanol–water partition coefficient (Wildman–Crippen LogP) is 4.11. The van der Waals surface area contributed by atoms with E-state index < -0.39 is 5.60 Å². The summed E-state index contributed by atoms with van der Waals surface area (Å²) in [5.41, 5.74) is 1.67. The zero-order valence-electron chi connectivity index (χ0n) is 10.6. The average Bonchev–Trinajstić information content (AvgIpc) is 2.17. The van der Waals surface area contributed by atoms with Crippen LogP contribution in [-0.4, -0.2) is 11.6 Å². The number of carbonyl (C=O) groups excluding carboxylic acids is 1. The Kier molecular flexibility index (Phi) is 4.52. The molecule has 0 spiro atoms. The first-order valence-corrected chi connectivity index (χ1v) is 6.24. The van der Waals surface area contributed by atoms with Crippen LogP contribution in [0.25, 0.3) is 6.08 Å². The molecule has 0 radical (unpaired) electrons. The van der Waals surface area contributed by atoms with Gasteiger partial charge in [0.2, 0.25) is 0 Å². The van der Waals surface area contributed by atoms with Crippen molar-refractivity contribution in [3.05, 3.63) is 39.9 Å². The number of ether oxygens (including phenoxy) is 1. The maximum absolute atomic E-state index is 11.5. The van der Waals surface area contributed by atoms with Crippen molar-refractivity contribution in [3.8, 4) is 0 Å². The molecule has 0 N–H and O–H groups in total. The number of hydrogen-bond donors (Lipinski definition) is 0. The Bertz CT molecular complexity index is 442. The third kappa shape index (κ3) is 5.18. The summed E-state index contributed by atoms with van der Waals surface area (Å²) < 4.78 is 6.15. The molecule has 2 nitrogen and oxygen atoms in total. The van der Waals surface area contributed by atoms with Crippen molar-refractivity contribution in [1.82, 2.24) is 0 Å². The Morgan fingerprint density at radius 3 is 2.59 bits per heavy atom. The zero-order chi connectivity index (χ0) is 13.1. The van der Waals surface area contributed by atoms with Gasteiger partial charge in [0, 0.05) is 10.5 Å². The molecule has 0 amide bonds. The second-order valence-corrected chi connectivity index (χ2v) is 5.75. The quantitative estimate of drug-likeness (QED) is 0.606. The second-order valence-electron chi connectivity index (χ2n) is 4.89. The molecule has 0 fully saturated rings. The van der Waals surface area contributed by atoms with Gasteiger partial charge in [-0.3, -0.25) is 0 Å². The fourth-order valence-corrected chi connectivity index (χ4v) is 1.66. The van der Waals surface area contributed by atoms with Gasteiger partial charge in [-0.2, -0.15) is 0 Å². The molecule has 0 saturated heterocycles. The van der Waals surface area contributed by atoms with Crippen molar-refractivity contribution >= 4 is 28.0 Å². The number of benzene rings is 1. The fourth-order valence-electron chi connectivity index (χ4n) is 1.28. The highest BCUT2D eigenvalue weighted by Crippen LogP contribution is 2.19. The van der Waals surface area contributed by atoms with Gasteiger partial charge in [-0.15, -0.1) is 0 Å². The van der Waals surface area contributed by atoms with Gasteiger partial charge >= 0.3 is 5.97 Å². The number of aryl methyl sites for hydroxylation is 1. The van der Waals surface area contributed by atoms with Crippen LogP contribution in [0.1, 0.15) is 31.9 Å². The van der Waals surface area contributed by atoms with Crippen LogP contribution in [0.2, 0.25) is 0 Å². The number of hydrogen-bond acceptors (Lipinski definition) is 2. The lowest BCUT2D eigenvalue weighted by Crippen LogP contribution is -2.22. The minimum Gasteiger partial charge on any atom is -0.457 e. The van der Waals surface area contributed by atoms with Gasteiger partial charge in [0.05, 0.1) is 0 Å². The summed E-state index contributed by atoms with van der Waals surface area (Å²) in [4.78, 5) is 11.5. The van der Waals surface area contributed by atoms with Gasteiger partial charge in [-0.25, -0.2) is 4.79 Å². The highest BCUT2D eigenvalue weighted by Gasteiger charge is 2.13. The number of rotatable bonds is 2. The average molecular weight is 297 g/mol. The molecule has 0 atom stereocenters. The molecule has 0 saturated carbocycles. The normalized spacial score (nSPS) is 11.8. The number of carbonyl (C=O) groups is 1. The lowest BCUT2D eigenvalue weighted by atomic mass is 10.1. The van der Waals surface area contributed by atoms with Crippen LogP contribution in [-0.2, 0) is 9.53 Å². The lowest BCUT2D eigenvalue weighted by Gasteiger charge is -2.17. The Labute approximate surface area is 111 Å². The Morgan fingerprint density at radius 2 is 2.00 bits per heavy atom. The van der Waals surface area contributed by atoms with Crippen LogP contribution >= 0.6 is 15.9 Å². The van der Waals surface area contributed by atoms with Crippen molar-refractivity contribution < 1.29 is 9.53 Å². The molecule has 0 aliphatic heterocycles. The summed E-state index contributed by atoms with van der Waals surface area (Å²) in [5.74, 6) is -0.328. The van der Waals surface area contributed by atoms with E-state index in [1.807, 2.05) is 45.9 Å². The fraction of sp³-hybridized carbons (Fsp3) is 0.357. The van der Waals surface area contributed by atoms with Gasteiger partial charge in [-0.1, -0.05) is 33.6 Å². The standard InChI is InChI=1S/C14H17BrO2/c1-10-5-7-12(15)11(9-10)6-8-13(16)17-14(2,3)4/h5-9H,1-4H3/b8-6+. The summed E-state index contributed by atoms with van der Waals surface area (Å²) >= 11 is 3.44. The van der Waals surface area contributed by atoms with Crippen LogP contribution in [0.4, 0.5) is 0 Å². The van der Waals surface area contributed by atoms with E-state index in [4.69, 9.17) is 4.74 Å². The van der Waals surface area contributed by atoms with E-state index in [-0.39, 0.29) is 5.97 Å². The summed E-state index contributed by atoms with van der Waals surface area (Å²) in [7, 11) is 0. The molecule has 1 rings (SSSR count). The SMILES string of the molecule is Cc1ccc(Br)c(/C=C/C(=O)OC(C)(C)C)c1. The summed E-state index contributed by atoms with van der Waals surface area (Å²) in [6, 6.07) is 5.98. The molecule has 0 aliphatic carbocycles. The molecular weight excluding hydrogens is 280 g/mol. The third-order valence-electron chi connectivity index (χ3n) is 1.96. The van der Waals surface area contributed by atoms with E-state index in [2.05, 4.69) is 15.9 Å². The summed E-state index contributed by atoms with van der Waals surface area (Å²) in [6.45, 7) is 7.56. The Morgan fingerprint density at radius 1 is 1.35 bits per heavy atom. The van der Waals surface area contributed by atoms with E-state index in [9.17, 15) is 4.79 Å². The highest BCUT2D eigenvalue weighted by atomic mass is 79.9. The highest BCUT2D eigenvalue weighted by molar-refractivity contribution is 9.10. The van der Waals surface area contributed by atoms with Crippen LogP contribution < -0.4 is 0 Å². The molecule has 0 unspecified atom stereocenters. The van der Waals surface area contributed by atoms with E-state index in [1.54, 1.807) is 6.08 Å². The van der Waals surface area contributed by atoms with Gasteiger partial charge in [-0.05, 0) is 45.4 Å². The van der Waals surface area contributed by atoms with E-state index in [0.29, 0.717) is 0 Å². The second kappa shape index (κ2) is 5.50. The molecule has 3 heteroatoms. The summed E-state index contributed by atoms with van der Waals surface area (Å²) in [5, 5.41) is 0. The molecule has 1 aromatic carbocycles. The van der Waals surface area contributed by atoms with Gasteiger partial charge in [0.15, 0.2) is 0 Å². The topological polar surface area (TPSA) is 26.3 Å². The maximum Gasteiger partial charge on any atom is 0.331 e. The Balaban J connectivity index is 2.77. The van der Waals surface area contributed by atoms with Crippen LogP contribution in [0.3, 0.4) is 0 Å². The monoisotopic (exact) mass is 296 g/mol. The molecule has 17 heavy (non-hydrogen) atoms. The number of halogens is 1. The van der Waals surface area contributed by atoms with Crippen LogP contribution in [0, 0.1) is 6.92 Å². The van der Waals surface area contributed by atoms with Crippen molar-refractivity contribution in [2.45, 2.75) is 33.3 Å².